The number of hydrogen-bond donors (Lipinski definition) is 0. The van der Waals surface area contributed by atoms with Crippen LogP contribution in [-0.4, -0.2) is 6.61 Å². The second-order valence-electron chi connectivity index (χ2n) is 3.27. The molecule has 0 radical (unpaired) electrons. The summed E-state index contributed by atoms with van der Waals surface area (Å²) in [5, 5.41) is 8.68. The lowest BCUT2D eigenvalue weighted by Gasteiger charge is -2.06. The lowest BCUT2D eigenvalue weighted by atomic mass is 9.98. The standard InChI is InChI=1S/C11H11NO/c1-8-2-3-11-10(5-7-13-11)9(8)4-6-12/h2-3H,4-5,7H2,1H3. The zero-order valence-corrected chi connectivity index (χ0v) is 7.63. The molecule has 0 saturated heterocycles. The van der Waals surface area contributed by atoms with Crippen LogP contribution in [-0.2, 0) is 12.8 Å². The van der Waals surface area contributed by atoms with Gasteiger partial charge in [-0.15, -0.1) is 0 Å². The van der Waals surface area contributed by atoms with Crippen molar-refractivity contribution in [3.05, 3.63) is 28.8 Å². The minimum atomic E-state index is 0.498. The van der Waals surface area contributed by atoms with Crippen LogP contribution in [0.15, 0.2) is 12.1 Å². The Morgan fingerprint density at radius 2 is 2.38 bits per heavy atom. The van der Waals surface area contributed by atoms with Crippen LogP contribution in [0.3, 0.4) is 0 Å². The molecule has 2 heteroatoms. The number of hydrogen-bond acceptors (Lipinski definition) is 2. The van der Waals surface area contributed by atoms with E-state index in [1.165, 1.54) is 11.1 Å². The van der Waals surface area contributed by atoms with Crippen molar-refractivity contribution in [2.24, 2.45) is 0 Å². The molecular formula is C11H11NO. The number of aryl methyl sites for hydroxylation is 1. The topological polar surface area (TPSA) is 33.0 Å². The molecule has 66 valence electrons. The first-order chi connectivity index (χ1) is 6.33. The monoisotopic (exact) mass is 173 g/mol. The van der Waals surface area contributed by atoms with Gasteiger partial charge in [0.2, 0.25) is 0 Å². The van der Waals surface area contributed by atoms with Gasteiger partial charge in [0, 0.05) is 12.0 Å². The van der Waals surface area contributed by atoms with Crippen molar-refractivity contribution in [2.45, 2.75) is 19.8 Å². The molecule has 1 aromatic rings. The molecule has 0 bridgehead atoms. The molecule has 0 atom stereocenters. The molecule has 0 spiro atoms. The molecule has 1 heterocycles. The number of fused-ring (bicyclic) bond motifs is 1. The number of ether oxygens (including phenoxy) is 1. The molecule has 1 aliphatic rings. The lowest BCUT2D eigenvalue weighted by molar-refractivity contribution is 0.357. The van der Waals surface area contributed by atoms with E-state index < -0.39 is 0 Å². The molecule has 2 nitrogen and oxygen atoms in total. The Morgan fingerprint density at radius 1 is 1.54 bits per heavy atom. The van der Waals surface area contributed by atoms with Gasteiger partial charge in [-0.25, -0.2) is 0 Å². The van der Waals surface area contributed by atoms with Crippen molar-refractivity contribution >= 4 is 0 Å². The Balaban J connectivity index is 2.53. The quantitative estimate of drug-likeness (QED) is 0.650. The summed E-state index contributed by atoms with van der Waals surface area (Å²) >= 11 is 0. The molecule has 1 aliphatic heterocycles. The van der Waals surface area contributed by atoms with Crippen LogP contribution in [0, 0.1) is 18.3 Å². The van der Waals surface area contributed by atoms with Gasteiger partial charge in [-0.1, -0.05) is 6.07 Å². The van der Waals surface area contributed by atoms with Gasteiger partial charge in [0.05, 0.1) is 19.1 Å². The first-order valence-corrected chi connectivity index (χ1v) is 4.44. The van der Waals surface area contributed by atoms with Gasteiger partial charge < -0.3 is 4.74 Å². The average molecular weight is 173 g/mol. The molecule has 0 aromatic heterocycles. The maximum atomic E-state index is 8.68. The third-order valence-electron chi connectivity index (χ3n) is 2.49. The van der Waals surface area contributed by atoms with E-state index in [1.807, 2.05) is 19.1 Å². The van der Waals surface area contributed by atoms with E-state index >= 15 is 0 Å². The van der Waals surface area contributed by atoms with E-state index in [2.05, 4.69) is 6.07 Å². The van der Waals surface area contributed by atoms with Crippen LogP contribution in [0.25, 0.3) is 0 Å². The fourth-order valence-corrected chi connectivity index (χ4v) is 1.79. The third-order valence-corrected chi connectivity index (χ3v) is 2.49. The molecular weight excluding hydrogens is 162 g/mol. The SMILES string of the molecule is Cc1ccc2c(c1CC#N)CCO2. The van der Waals surface area contributed by atoms with Crippen LogP contribution in [0.5, 0.6) is 5.75 Å². The van der Waals surface area contributed by atoms with Crippen molar-refractivity contribution < 1.29 is 4.74 Å². The van der Waals surface area contributed by atoms with Crippen molar-refractivity contribution in [2.75, 3.05) is 6.61 Å². The highest BCUT2D eigenvalue weighted by atomic mass is 16.5. The summed E-state index contributed by atoms with van der Waals surface area (Å²) in [6.45, 7) is 2.81. The molecule has 0 fully saturated rings. The van der Waals surface area contributed by atoms with E-state index in [-0.39, 0.29) is 0 Å². The molecule has 0 amide bonds. The maximum Gasteiger partial charge on any atom is 0.122 e. The van der Waals surface area contributed by atoms with Crippen LogP contribution >= 0.6 is 0 Å². The van der Waals surface area contributed by atoms with E-state index in [1.54, 1.807) is 0 Å². The predicted octanol–water partition coefficient (Wildman–Crippen LogP) is 2.00. The van der Waals surface area contributed by atoms with E-state index in [9.17, 15) is 0 Å². The molecule has 1 aromatic carbocycles. The smallest absolute Gasteiger partial charge is 0.122 e. The van der Waals surface area contributed by atoms with Gasteiger partial charge in [-0.2, -0.15) is 5.26 Å². The summed E-state index contributed by atoms with van der Waals surface area (Å²) in [5.74, 6) is 0.968. The first-order valence-electron chi connectivity index (χ1n) is 4.44. The Hall–Kier alpha value is -1.49. The fraction of sp³-hybridized carbons (Fsp3) is 0.364. The van der Waals surface area contributed by atoms with Gasteiger partial charge in [0.15, 0.2) is 0 Å². The van der Waals surface area contributed by atoms with Gasteiger partial charge in [0.25, 0.3) is 0 Å². The molecule has 0 N–H and O–H groups in total. The Bertz CT molecular complexity index is 376. The van der Waals surface area contributed by atoms with Crippen molar-refractivity contribution in [1.82, 2.24) is 0 Å². The first kappa shape index (κ1) is 8.12. The van der Waals surface area contributed by atoms with Gasteiger partial charge in [0.1, 0.15) is 5.75 Å². The van der Waals surface area contributed by atoms with Gasteiger partial charge >= 0.3 is 0 Å². The zero-order chi connectivity index (χ0) is 9.26. The van der Waals surface area contributed by atoms with Crippen LogP contribution in [0.1, 0.15) is 16.7 Å². The zero-order valence-electron chi connectivity index (χ0n) is 7.63. The Kier molecular flexibility index (Phi) is 1.94. The fourth-order valence-electron chi connectivity index (χ4n) is 1.79. The van der Waals surface area contributed by atoms with Crippen molar-refractivity contribution in [3.63, 3.8) is 0 Å². The largest absolute Gasteiger partial charge is 0.493 e. The summed E-state index contributed by atoms with van der Waals surface area (Å²) < 4.78 is 5.43. The van der Waals surface area contributed by atoms with E-state index in [0.717, 1.165) is 24.3 Å². The average Bonchev–Trinajstić information content (AvgIpc) is 2.58. The molecule has 0 unspecified atom stereocenters. The third kappa shape index (κ3) is 1.27. The van der Waals surface area contributed by atoms with Crippen molar-refractivity contribution in [3.8, 4) is 11.8 Å². The summed E-state index contributed by atoms with van der Waals surface area (Å²) in [4.78, 5) is 0. The molecule has 13 heavy (non-hydrogen) atoms. The summed E-state index contributed by atoms with van der Waals surface area (Å²) in [6, 6.07) is 6.22. The van der Waals surface area contributed by atoms with Gasteiger partial charge in [-0.05, 0) is 24.1 Å². The predicted molar refractivity (Wildman–Crippen MR) is 49.7 cm³/mol. The Labute approximate surface area is 77.8 Å². The van der Waals surface area contributed by atoms with Crippen molar-refractivity contribution in [1.29, 1.82) is 5.26 Å². The van der Waals surface area contributed by atoms with E-state index in [4.69, 9.17) is 10.00 Å². The highest BCUT2D eigenvalue weighted by Crippen LogP contribution is 2.30. The number of nitrogens with zero attached hydrogens (tertiary/aromatic N) is 1. The lowest BCUT2D eigenvalue weighted by Crippen LogP contribution is -1.93. The molecule has 0 aliphatic carbocycles. The second kappa shape index (κ2) is 3.10. The van der Waals surface area contributed by atoms with Gasteiger partial charge in [-0.3, -0.25) is 0 Å². The number of nitriles is 1. The minimum Gasteiger partial charge on any atom is -0.493 e. The minimum absolute atomic E-state index is 0.498. The normalized spacial score (nSPS) is 13.2. The molecule has 0 saturated carbocycles. The summed E-state index contributed by atoms with van der Waals surface area (Å²) in [7, 11) is 0. The molecule has 2 rings (SSSR count). The van der Waals surface area contributed by atoms with Crippen LogP contribution < -0.4 is 4.74 Å². The second-order valence-corrected chi connectivity index (χ2v) is 3.27. The maximum absolute atomic E-state index is 8.68. The Morgan fingerprint density at radius 3 is 3.15 bits per heavy atom. The highest BCUT2D eigenvalue weighted by Gasteiger charge is 2.16. The van der Waals surface area contributed by atoms with E-state index in [0.29, 0.717) is 6.42 Å². The number of benzene rings is 1. The summed E-state index contributed by atoms with van der Waals surface area (Å²) in [6.07, 6.45) is 1.45. The van der Waals surface area contributed by atoms with Crippen LogP contribution in [0.4, 0.5) is 0 Å². The van der Waals surface area contributed by atoms with Crippen LogP contribution in [0.2, 0.25) is 0 Å². The highest BCUT2D eigenvalue weighted by molar-refractivity contribution is 5.47. The number of rotatable bonds is 1. The summed E-state index contributed by atoms with van der Waals surface area (Å²) in [5.41, 5.74) is 3.60.